The van der Waals surface area contributed by atoms with Gasteiger partial charge in [0.2, 0.25) is 0 Å². The maximum Gasteiger partial charge on any atom is 0.163 e. The Bertz CT molecular complexity index is 1340. The highest BCUT2D eigenvalue weighted by atomic mass is 16.3. The number of Topliss-reactive ketones (excluding diaryl/α,β-unsaturated/α-hetero) is 2. The van der Waals surface area contributed by atoms with Gasteiger partial charge in [0.25, 0.3) is 0 Å². The van der Waals surface area contributed by atoms with E-state index in [1.165, 1.54) is 38.5 Å². The minimum atomic E-state index is 0.117. The fourth-order valence-electron chi connectivity index (χ4n) is 5.20. The van der Waals surface area contributed by atoms with Gasteiger partial charge in [0, 0.05) is 35.1 Å². The van der Waals surface area contributed by atoms with Crippen molar-refractivity contribution in [2.24, 2.45) is 0 Å². The van der Waals surface area contributed by atoms with Crippen LogP contribution in [0.1, 0.15) is 112 Å². The first-order valence-corrected chi connectivity index (χ1v) is 16.6. The van der Waals surface area contributed by atoms with Crippen LogP contribution in [0.2, 0.25) is 0 Å². The molecule has 0 saturated carbocycles. The zero-order valence-corrected chi connectivity index (χ0v) is 27.5. The van der Waals surface area contributed by atoms with Gasteiger partial charge in [-0.15, -0.1) is 0 Å². The third-order valence-corrected chi connectivity index (χ3v) is 7.82. The van der Waals surface area contributed by atoms with Crippen molar-refractivity contribution < 1.29 is 24.6 Å². The van der Waals surface area contributed by atoms with E-state index in [0.29, 0.717) is 24.0 Å². The summed E-state index contributed by atoms with van der Waals surface area (Å²) in [5, 5.41) is 20.4. The summed E-state index contributed by atoms with van der Waals surface area (Å²) in [4.78, 5) is 32.3. The summed E-state index contributed by atoms with van der Waals surface area (Å²) >= 11 is 0. The molecule has 0 spiro atoms. The molecule has 0 unspecified atom stereocenters. The predicted octanol–water partition coefficient (Wildman–Crippen LogP) is 11.0. The molecule has 0 saturated heterocycles. The number of phenols is 2. The Kier molecular flexibility index (Phi) is 18.1. The molecule has 5 heteroatoms. The van der Waals surface area contributed by atoms with Gasteiger partial charge < -0.3 is 15.0 Å². The van der Waals surface area contributed by atoms with Gasteiger partial charge in [-0.2, -0.15) is 0 Å². The number of unbranched alkanes of at least 4 members (excludes halogenated alkanes) is 8. The van der Waals surface area contributed by atoms with Gasteiger partial charge >= 0.3 is 0 Å². The summed E-state index contributed by atoms with van der Waals surface area (Å²) in [7, 11) is 0. The van der Waals surface area contributed by atoms with E-state index in [1.54, 1.807) is 12.1 Å². The van der Waals surface area contributed by atoms with Gasteiger partial charge in [-0.1, -0.05) is 138 Å². The molecule has 46 heavy (non-hydrogen) atoms. The number of aromatic hydroxyl groups is 2. The van der Waals surface area contributed by atoms with Crippen molar-refractivity contribution in [3.05, 3.63) is 108 Å². The van der Waals surface area contributed by atoms with E-state index in [4.69, 9.17) is 4.79 Å². The third kappa shape index (κ3) is 12.8. The van der Waals surface area contributed by atoms with E-state index in [0.717, 1.165) is 47.9 Å². The molecule has 0 aliphatic carbocycles. The minimum absolute atomic E-state index is 0.117. The van der Waals surface area contributed by atoms with Crippen LogP contribution in [-0.4, -0.2) is 28.6 Å². The SMILES string of the molecule is C=O.CCCCCCCC(=O)c1ccc(-c2ccccc2)c(O)c1.CCCCCCCC(=O)c1ccc(-c2ccccc2)c(O)c1. The summed E-state index contributed by atoms with van der Waals surface area (Å²) in [5.74, 6) is 0.573. The van der Waals surface area contributed by atoms with Crippen molar-refractivity contribution in [3.8, 4) is 33.8 Å². The van der Waals surface area contributed by atoms with Gasteiger partial charge in [-0.3, -0.25) is 9.59 Å². The first-order valence-electron chi connectivity index (χ1n) is 16.6. The zero-order chi connectivity index (χ0) is 33.6. The van der Waals surface area contributed by atoms with Crippen molar-refractivity contribution in [3.63, 3.8) is 0 Å². The maximum atomic E-state index is 12.2. The molecule has 0 bridgehead atoms. The molecule has 0 amide bonds. The number of hydrogen-bond donors (Lipinski definition) is 2. The Labute approximate surface area is 275 Å². The second-order valence-corrected chi connectivity index (χ2v) is 11.4. The van der Waals surface area contributed by atoms with Crippen LogP contribution in [0.15, 0.2) is 97.1 Å². The monoisotopic (exact) mass is 622 g/mol. The average molecular weight is 623 g/mol. The third-order valence-electron chi connectivity index (χ3n) is 7.82. The van der Waals surface area contributed by atoms with Gasteiger partial charge in [0.15, 0.2) is 11.6 Å². The van der Waals surface area contributed by atoms with E-state index in [9.17, 15) is 19.8 Å². The molecule has 0 radical (unpaired) electrons. The van der Waals surface area contributed by atoms with Crippen molar-refractivity contribution in [2.75, 3.05) is 0 Å². The number of rotatable bonds is 16. The van der Waals surface area contributed by atoms with Crippen molar-refractivity contribution >= 4 is 18.4 Å². The smallest absolute Gasteiger partial charge is 0.163 e. The van der Waals surface area contributed by atoms with Crippen LogP contribution < -0.4 is 0 Å². The van der Waals surface area contributed by atoms with E-state index in [-0.39, 0.29) is 23.1 Å². The molecule has 5 nitrogen and oxygen atoms in total. The van der Waals surface area contributed by atoms with Crippen LogP contribution in [-0.2, 0) is 4.79 Å². The molecule has 4 aromatic rings. The molecule has 0 atom stereocenters. The fraction of sp³-hybridized carbons (Fsp3) is 0.341. The van der Waals surface area contributed by atoms with E-state index < -0.39 is 0 Å². The molecular formula is C41H50O5. The van der Waals surface area contributed by atoms with Crippen molar-refractivity contribution in [1.82, 2.24) is 0 Å². The Morgan fingerprint density at radius 2 is 0.848 bits per heavy atom. The van der Waals surface area contributed by atoms with E-state index in [1.807, 2.05) is 91.7 Å². The summed E-state index contributed by atoms with van der Waals surface area (Å²) in [6.07, 6.45) is 12.5. The zero-order valence-electron chi connectivity index (χ0n) is 27.5. The minimum Gasteiger partial charge on any atom is -0.507 e. The Morgan fingerprint density at radius 3 is 1.17 bits per heavy atom. The first-order chi connectivity index (χ1) is 22.4. The van der Waals surface area contributed by atoms with E-state index in [2.05, 4.69) is 13.8 Å². The molecule has 0 aromatic heterocycles. The van der Waals surface area contributed by atoms with E-state index >= 15 is 0 Å². The topological polar surface area (TPSA) is 91.7 Å². The molecule has 0 aliphatic rings. The lowest BCUT2D eigenvalue weighted by molar-refractivity contribution is -0.0980. The number of carbonyl (C=O) groups is 3. The van der Waals surface area contributed by atoms with Crippen molar-refractivity contribution in [1.29, 1.82) is 0 Å². The van der Waals surface area contributed by atoms with Crippen molar-refractivity contribution in [2.45, 2.75) is 90.9 Å². The molecule has 0 aliphatic heterocycles. The first kappa shape index (κ1) is 37.7. The standard InChI is InChI=1S/2C20H24O2.CH2O/c2*1-2-3-4-5-9-12-19(21)17-13-14-18(20(22)15-17)16-10-7-6-8-11-16;1-2/h2*6-8,10-11,13-15,22H,2-5,9,12H2,1H3;1H2. The lowest BCUT2D eigenvalue weighted by Gasteiger charge is -2.07. The van der Waals surface area contributed by atoms with Gasteiger partial charge in [0.05, 0.1) is 0 Å². The largest absolute Gasteiger partial charge is 0.507 e. The number of benzene rings is 4. The van der Waals surface area contributed by atoms with Gasteiger partial charge in [-0.05, 0) is 48.2 Å². The number of hydrogen-bond acceptors (Lipinski definition) is 5. The normalized spacial score (nSPS) is 10.2. The Balaban J connectivity index is 0.000000304. The molecule has 0 fully saturated rings. The van der Waals surface area contributed by atoms with Gasteiger partial charge in [-0.25, -0.2) is 0 Å². The van der Waals surface area contributed by atoms with Gasteiger partial charge in [0.1, 0.15) is 18.3 Å². The van der Waals surface area contributed by atoms with Crippen LogP contribution >= 0.6 is 0 Å². The van der Waals surface area contributed by atoms with Crippen LogP contribution in [0.5, 0.6) is 11.5 Å². The Morgan fingerprint density at radius 1 is 0.500 bits per heavy atom. The quantitative estimate of drug-likeness (QED) is 0.0958. The van der Waals surface area contributed by atoms with Crippen LogP contribution in [0.3, 0.4) is 0 Å². The summed E-state index contributed by atoms with van der Waals surface area (Å²) in [5.41, 5.74) is 4.65. The number of phenolic OH excluding ortho intramolecular Hbond substituents is 2. The molecule has 244 valence electrons. The number of carbonyl (C=O) groups excluding carboxylic acids is 3. The highest BCUT2D eigenvalue weighted by molar-refractivity contribution is 5.98. The molecule has 4 rings (SSSR count). The second-order valence-electron chi connectivity index (χ2n) is 11.4. The molecular weight excluding hydrogens is 572 g/mol. The lowest BCUT2D eigenvalue weighted by atomic mass is 9.99. The van der Waals surface area contributed by atoms with Crippen LogP contribution in [0.25, 0.3) is 22.3 Å². The molecule has 4 aromatic carbocycles. The highest BCUT2D eigenvalue weighted by Gasteiger charge is 2.11. The van der Waals surface area contributed by atoms with Crippen LogP contribution in [0.4, 0.5) is 0 Å². The summed E-state index contributed by atoms with van der Waals surface area (Å²) in [6, 6.07) is 29.9. The number of ketones is 2. The fourth-order valence-corrected chi connectivity index (χ4v) is 5.20. The summed E-state index contributed by atoms with van der Waals surface area (Å²) < 4.78 is 0. The predicted molar refractivity (Wildman–Crippen MR) is 190 cm³/mol. The Hall–Kier alpha value is -4.51. The molecule has 2 N–H and O–H groups in total. The maximum absolute atomic E-state index is 12.2. The highest BCUT2D eigenvalue weighted by Crippen LogP contribution is 2.31. The average Bonchev–Trinajstić information content (AvgIpc) is 3.09. The summed E-state index contributed by atoms with van der Waals surface area (Å²) in [6.45, 7) is 6.37. The lowest BCUT2D eigenvalue weighted by Crippen LogP contribution is -1.99. The second kappa shape index (κ2) is 22.1. The molecule has 0 heterocycles. The van der Waals surface area contributed by atoms with Crippen LogP contribution in [0, 0.1) is 0 Å².